The molecule has 6 nitrogen and oxygen atoms in total. The molecule has 1 aromatic heterocycles. The van der Waals surface area contributed by atoms with Gasteiger partial charge in [0, 0.05) is 19.5 Å². The van der Waals surface area contributed by atoms with Crippen molar-refractivity contribution in [2.24, 2.45) is 0 Å². The van der Waals surface area contributed by atoms with Crippen LogP contribution in [0.2, 0.25) is 0 Å². The summed E-state index contributed by atoms with van der Waals surface area (Å²) in [5, 5.41) is 0.668. The summed E-state index contributed by atoms with van der Waals surface area (Å²) in [6.45, 7) is 5.30. The number of aryl methyl sites for hydroxylation is 2. The van der Waals surface area contributed by atoms with Crippen LogP contribution in [0.4, 0.5) is 5.13 Å². The lowest BCUT2D eigenvalue weighted by atomic mass is 10.1. The molecule has 0 saturated carbocycles. The molecule has 32 heavy (non-hydrogen) atoms. The van der Waals surface area contributed by atoms with Gasteiger partial charge in [0.25, 0.3) is 0 Å². The lowest BCUT2D eigenvalue weighted by molar-refractivity contribution is -0.118. The fraction of sp³-hybridized carbons (Fsp3) is 0.391. The van der Waals surface area contributed by atoms with E-state index in [0.717, 1.165) is 15.8 Å². The predicted molar refractivity (Wildman–Crippen MR) is 135 cm³/mol. The number of halogens is 1. The Bertz CT molecular complexity index is 1160. The van der Waals surface area contributed by atoms with Crippen molar-refractivity contribution >= 4 is 54.8 Å². The second-order valence-corrected chi connectivity index (χ2v) is 11.1. The number of hydrogen-bond acceptors (Lipinski definition) is 6. The van der Waals surface area contributed by atoms with Crippen LogP contribution >= 0.6 is 23.7 Å². The van der Waals surface area contributed by atoms with Crippen LogP contribution in [-0.2, 0) is 14.6 Å². The maximum Gasteiger partial charge on any atom is 0.228 e. The molecule has 3 aromatic rings. The van der Waals surface area contributed by atoms with Gasteiger partial charge in [0.15, 0.2) is 15.0 Å². The standard InChI is InChI=1S/C23H29N3O3S2.ClH/c1-17-12-13-20-22(18(17)2)24-23(30-20)26(15-14-25(3)4)21(27)11-8-16-31(28,29)19-9-6-5-7-10-19;/h5-7,9-10,12-13H,8,11,14-16H2,1-4H3;1H. The summed E-state index contributed by atoms with van der Waals surface area (Å²) in [6, 6.07) is 12.5. The van der Waals surface area contributed by atoms with Gasteiger partial charge >= 0.3 is 0 Å². The smallest absolute Gasteiger partial charge is 0.228 e. The summed E-state index contributed by atoms with van der Waals surface area (Å²) >= 11 is 1.50. The number of carbonyl (C=O) groups excluding carboxylic acids is 1. The van der Waals surface area contributed by atoms with Crippen LogP contribution in [0.25, 0.3) is 10.2 Å². The highest BCUT2D eigenvalue weighted by molar-refractivity contribution is 7.91. The predicted octanol–water partition coefficient (Wildman–Crippen LogP) is 4.48. The van der Waals surface area contributed by atoms with Crippen LogP contribution in [0.1, 0.15) is 24.0 Å². The minimum absolute atomic E-state index is 0. The summed E-state index contributed by atoms with van der Waals surface area (Å²) in [4.78, 5) is 21.9. The molecule has 0 fully saturated rings. The van der Waals surface area contributed by atoms with Gasteiger partial charge in [-0.3, -0.25) is 9.69 Å². The third-order valence-corrected chi connectivity index (χ3v) is 8.14. The molecule has 0 saturated heterocycles. The molecule has 0 spiro atoms. The number of aromatic nitrogens is 1. The van der Waals surface area contributed by atoms with Gasteiger partial charge in [-0.05, 0) is 63.7 Å². The van der Waals surface area contributed by atoms with Crippen LogP contribution in [0.3, 0.4) is 0 Å². The van der Waals surface area contributed by atoms with Crippen molar-refractivity contribution in [3.63, 3.8) is 0 Å². The molecular weight excluding hydrogens is 466 g/mol. The number of likely N-dealkylation sites (N-methyl/N-ethyl adjacent to an activating group) is 1. The minimum Gasteiger partial charge on any atom is -0.308 e. The maximum atomic E-state index is 13.1. The number of thiazole rings is 1. The van der Waals surface area contributed by atoms with Crippen LogP contribution in [0, 0.1) is 13.8 Å². The first-order chi connectivity index (χ1) is 14.7. The largest absolute Gasteiger partial charge is 0.308 e. The second kappa shape index (κ2) is 11.2. The zero-order chi connectivity index (χ0) is 22.6. The fourth-order valence-electron chi connectivity index (χ4n) is 3.25. The van der Waals surface area contributed by atoms with Crippen molar-refractivity contribution in [1.82, 2.24) is 9.88 Å². The molecule has 3 rings (SSSR count). The first-order valence-electron chi connectivity index (χ1n) is 10.3. The number of sulfone groups is 1. The Labute approximate surface area is 200 Å². The number of anilines is 1. The first kappa shape index (κ1) is 26.3. The van der Waals surface area contributed by atoms with E-state index in [1.807, 2.05) is 32.0 Å². The van der Waals surface area contributed by atoms with Crippen LogP contribution < -0.4 is 4.90 Å². The summed E-state index contributed by atoms with van der Waals surface area (Å²) in [5.74, 6) is -0.152. The van der Waals surface area contributed by atoms with Gasteiger partial charge in [0.05, 0.1) is 20.9 Å². The van der Waals surface area contributed by atoms with E-state index >= 15 is 0 Å². The van der Waals surface area contributed by atoms with Crippen molar-refractivity contribution in [2.75, 3.05) is 37.8 Å². The normalized spacial score (nSPS) is 11.5. The highest BCUT2D eigenvalue weighted by atomic mass is 35.5. The Morgan fingerprint density at radius 1 is 1.03 bits per heavy atom. The Morgan fingerprint density at radius 3 is 2.38 bits per heavy atom. The zero-order valence-corrected chi connectivity index (χ0v) is 21.3. The second-order valence-electron chi connectivity index (χ2n) is 7.93. The van der Waals surface area contributed by atoms with E-state index in [0.29, 0.717) is 23.1 Å². The number of hydrogen-bond donors (Lipinski definition) is 0. The molecule has 0 aliphatic heterocycles. The molecule has 0 unspecified atom stereocenters. The van der Waals surface area contributed by atoms with Gasteiger partial charge in [0.1, 0.15) is 0 Å². The third kappa shape index (κ3) is 6.28. The lowest BCUT2D eigenvalue weighted by Crippen LogP contribution is -2.36. The van der Waals surface area contributed by atoms with Gasteiger partial charge in [-0.15, -0.1) is 12.4 Å². The number of carbonyl (C=O) groups is 1. The topological polar surface area (TPSA) is 70.6 Å². The third-order valence-electron chi connectivity index (χ3n) is 5.28. The van der Waals surface area contributed by atoms with Crippen molar-refractivity contribution in [1.29, 1.82) is 0 Å². The zero-order valence-electron chi connectivity index (χ0n) is 18.9. The summed E-state index contributed by atoms with van der Waals surface area (Å²) < 4.78 is 26.1. The molecule has 9 heteroatoms. The van der Waals surface area contributed by atoms with Crippen molar-refractivity contribution in [3.8, 4) is 0 Å². The van der Waals surface area contributed by atoms with E-state index in [-0.39, 0.29) is 36.9 Å². The molecule has 0 aliphatic rings. The highest BCUT2D eigenvalue weighted by Crippen LogP contribution is 2.32. The number of fused-ring (bicyclic) bond motifs is 1. The van der Waals surface area contributed by atoms with Crippen LogP contribution in [-0.4, -0.2) is 57.1 Å². The lowest BCUT2D eigenvalue weighted by Gasteiger charge is -2.22. The first-order valence-corrected chi connectivity index (χ1v) is 12.8. The molecule has 1 heterocycles. The maximum absolute atomic E-state index is 13.1. The molecule has 0 bridgehead atoms. The minimum atomic E-state index is -3.39. The van der Waals surface area contributed by atoms with Crippen molar-refractivity contribution < 1.29 is 13.2 Å². The molecule has 0 N–H and O–H groups in total. The van der Waals surface area contributed by atoms with Crippen molar-refractivity contribution in [2.45, 2.75) is 31.6 Å². The van der Waals surface area contributed by atoms with Gasteiger partial charge in [-0.2, -0.15) is 0 Å². The number of rotatable bonds is 9. The number of benzene rings is 2. The number of nitrogens with zero attached hydrogens (tertiary/aromatic N) is 3. The highest BCUT2D eigenvalue weighted by Gasteiger charge is 2.22. The molecule has 0 atom stereocenters. The van der Waals surface area contributed by atoms with E-state index in [2.05, 4.69) is 13.0 Å². The van der Waals surface area contributed by atoms with Gasteiger partial charge in [0.2, 0.25) is 5.91 Å². The molecule has 1 amide bonds. The molecule has 2 aromatic carbocycles. The van der Waals surface area contributed by atoms with Gasteiger partial charge in [-0.1, -0.05) is 35.6 Å². The molecular formula is C23H30ClN3O3S2. The monoisotopic (exact) mass is 495 g/mol. The van der Waals surface area contributed by atoms with Gasteiger partial charge in [-0.25, -0.2) is 13.4 Å². The van der Waals surface area contributed by atoms with Crippen LogP contribution in [0.5, 0.6) is 0 Å². The van der Waals surface area contributed by atoms with E-state index in [4.69, 9.17) is 4.98 Å². The molecule has 0 aliphatic carbocycles. The number of amides is 1. The Morgan fingerprint density at radius 2 is 1.72 bits per heavy atom. The molecule has 0 radical (unpaired) electrons. The quantitative estimate of drug-likeness (QED) is 0.437. The average Bonchev–Trinajstić information content (AvgIpc) is 3.16. The summed E-state index contributed by atoms with van der Waals surface area (Å²) in [5.41, 5.74) is 3.21. The summed E-state index contributed by atoms with van der Waals surface area (Å²) in [6.07, 6.45) is 0.435. The summed E-state index contributed by atoms with van der Waals surface area (Å²) in [7, 11) is 0.524. The van der Waals surface area contributed by atoms with Crippen molar-refractivity contribution in [3.05, 3.63) is 53.6 Å². The Kier molecular flexibility index (Phi) is 9.21. The molecule has 174 valence electrons. The van der Waals surface area contributed by atoms with E-state index in [9.17, 15) is 13.2 Å². The van der Waals surface area contributed by atoms with E-state index < -0.39 is 9.84 Å². The average molecular weight is 496 g/mol. The van der Waals surface area contributed by atoms with E-state index in [1.165, 1.54) is 16.9 Å². The van der Waals surface area contributed by atoms with Crippen LogP contribution in [0.15, 0.2) is 47.4 Å². The Hall–Kier alpha value is -2.00. The Balaban J connectivity index is 0.00000363. The van der Waals surface area contributed by atoms with E-state index in [1.54, 1.807) is 35.2 Å². The SMILES string of the molecule is Cc1ccc2sc(N(CCN(C)C)C(=O)CCCS(=O)(=O)c3ccccc3)nc2c1C.Cl. The van der Waals surface area contributed by atoms with Gasteiger partial charge < -0.3 is 4.90 Å². The fourth-order valence-corrected chi connectivity index (χ4v) is 5.65.